The van der Waals surface area contributed by atoms with Crippen LogP contribution in [0.3, 0.4) is 0 Å². The van der Waals surface area contributed by atoms with Gasteiger partial charge in [0, 0.05) is 41.7 Å². The number of halogens is 1. The molecule has 3 aliphatic rings. The molecule has 212 valence electrons. The number of aliphatic hydroxyl groups excluding tert-OH is 1. The van der Waals surface area contributed by atoms with E-state index in [1.54, 1.807) is 18.3 Å². The van der Waals surface area contributed by atoms with Gasteiger partial charge in [-0.2, -0.15) is 4.98 Å². The third-order valence-corrected chi connectivity index (χ3v) is 7.65. The number of ether oxygens (including phenoxy) is 1. The highest BCUT2D eigenvalue weighted by molar-refractivity contribution is 6.06. The van der Waals surface area contributed by atoms with Crippen molar-refractivity contribution in [3.63, 3.8) is 0 Å². The van der Waals surface area contributed by atoms with Gasteiger partial charge in [-0.25, -0.2) is 14.4 Å². The fourth-order valence-corrected chi connectivity index (χ4v) is 5.17. The SMILES string of the molecule is C[C@H](O)C(=O)N1CC[C@H](Oc2ccc(-c3ncnc(Nc4ccc5c(c4)NC(=O)C5(C)C)n3)cc2C2C=N2)[C@H](F)C1. The van der Waals surface area contributed by atoms with E-state index < -0.39 is 29.7 Å². The molecular formula is C29H30FN7O4. The molecule has 4 atom stereocenters. The summed E-state index contributed by atoms with van der Waals surface area (Å²) in [5.41, 5.74) is 3.29. The highest BCUT2D eigenvalue weighted by atomic mass is 19.1. The molecule has 1 fully saturated rings. The number of carbonyl (C=O) groups is 2. The number of amides is 2. The second-order valence-electron chi connectivity index (χ2n) is 11.0. The van der Waals surface area contributed by atoms with Crippen LogP contribution in [0.25, 0.3) is 11.4 Å². The van der Waals surface area contributed by atoms with Crippen LogP contribution in [0.1, 0.15) is 44.4 Å². The van der Waals surface area contributed by atoms with Gasteiger partial charge in [0.25, 0.3) is 5.91 Å². The number of hydrogen-bond donors (Lipinski definition) is 3. The maximum atomic E-state index is 15.0. The minimum atomic E-state index is -1.39. The van der Waals surface area contributed by atoms with Gasteiger partial charge in [0.1, 0.15) is 30.3 Å². The van der Waals surface area contributed by atoms with Crippen LogP contribution < -0.4 is 15.4 Å². The van der Waals surface area contributed by atoms with Crippen molar-refractivity contribution in [2.75, 3.05) is 23.7 Å². The number of aliphatic hydroxyl groups is 1. The molecule has 3 aromatic rings. The van der Waals surface area contributed by atoms with Gasteiger partial charge in [0.05, 0.1) is 12.0 Å². The first-order valence-electron chi connectivity index (χ1n) is 13.5. The van der Waals surface area contributed by atoms with Crippen LogP contribution in [0.4, 0.5) is 21.7 Å². The van der Waals surface area contributed by atoms with E-state index >= 15 is 0 Å². The molecule has 11 nitrogen and oxygen atoms in total. The minimum Gasteiger partial charge on any atom is -0.487 e. The number of benzene rings is 2. The van der Waals surface area contributed by atoms with Crippen LogP contribution in [0.2, 0.25) is 0 Å². The Morgan fingerprint density at radius 1 is 1.24 bits per heavy atom. The topological polar surface area (TPSA) is 142 Å². The normalized spacial score (nSPS) is 23.0. The lowest BCUT2D eigenvalue weighted by molar-refractivity contribution is -0.143. The number of rotatable bonds is 7. The molecule has 3 aliphatic heterocycles. The van der Waals surface area contributed by atoms with Gasteiger partial charge < -0.3 is 25.4 Å². The van der Waals surface area contributed by atoms with E-state index in [9.17, 15) is 19.1 Å². The lowest BCUT2D eigenvalue weighted by atomic mass is 9.86. The fraction of sp³-hybridized carbons (Fsp3) is 0.379. The van der Waals surface area contributed by atoms with Crippen molar-refractivity contribution in [1.29, 1.82) is 0 Å². The van der Waals surface area contributed by atoms with Crippen molar-refractivity contribution in [1.82, 2.24) is 19.9 Å². The Labute approximate surface area is 235 Å². The molecule has 0 aliphatic carbocycles. The zero-order valence-electron chi connectivity index (χ0n) is 22.8. The summed E-state index contributed by atoms with van der Waals surface area (Å²) in [6, 6.07) is 10.9. The third-order valence-electron chi connectivity index (χ3n) is 7.65. The Morgan fingerprint density at radius 2 is 2.05 bits per heavy atom. The van der Waals surface area contributed by atoms with Crippen molar-refractivity contribution in [2.24, 2.45) is 4.99 Å². The van der Waals surface area contributed by atoms with Gasteiger partial charge in [-0.3, -0.25) is 14.6 Å². The van der Waals surface area contributed by atoms with Crippen molar-refractivity contribution < 1.29 is 23.8 Å². The Balaban J connectivity index is 1.18. The number of piperidine rings is 1. The molecule has 1 unspecified atom stereocenters. The van der Waals surface area contributed by atoms with E-state index in [4.69, 9.17) is 4.74 Å². The number of nitrogens with zero attached hydrogens (tertiary/aromatic N) is 5. The van der Waals surface area contributed by atoms with Crippen molar-refractivity contribution in [2.45, 2.75) is 57.0 Å². The zero-order chi connectivity index (χ0) is 28.9. The summed E-state index contributed by atoms with van der Waals surface area (Å²) in [6.45, 7) is 5.32. The molecular weight excluding hydrogens is 529 g/mol. The molecule has 1 saturated heterocycles. The summed E-state index contributed by atoms with van der Waals surface area (Å²) in [5.74, 6) is 0.742. The number of fused-ring (bicyclic) bond motifs is 1. The smallest absolute Gasteiger partial charge is 0.251 e. The number of aromatic nitrogens is 3. The average Bonchev–Trinajstić information content (AvgIpc) is 3.76. The van der Waals surface area contributed by atoms with Crippen LogP contribution in [-0.2, 0) is 15.0 Å². The van der Waals surface area contributed by atoms with Gasteiger partial charge >= 0.3 is 0 Å². The second kappa shape index (κ2) is 10.2. The summed E-state index contributed by atoms with van der Waals surface area (Å²) in [4.78, 5) is 43.1. The average molecular weight is 560 g/mol. The van der Waals surface area contributed by atoms with Crippen LogP contribution in [0.15, 0.2) is 47.7 Å². The van der Waals surface area contributed by atoms with Crippen LogP contribution >= 0.6 is 0 Å². The number of carbonyl (C=O) groups excluding carboxylic acids is 2. The number of aliphatic imine (C=N–C) groups is 1. The number of nitrogens with one attached hydrogen (secondary N) is 2. The Morgan fingerprint density at radius 3 is 2.78 bits per heavy atom. The minimum absolute atomic E-state index is 0.0473. The molecule has 0 saturated carbocycles. The molecule has 41 heavy (non-hydrogen) atoms. The summed E-state index contributed by atoms with van der Waals surface area (Å²) in [7, 11) is 0. The van der Waals surface area contributed by atoms with Crippen LogP contribution in [-0.4, -0.2) is 74.5 Å². The van der Waals surface area contributed by atoms with Crippen molar-refractivity contribution >= 4 is 35.4 Å². The molecule has 6 rings (SSSR count). The molecule has 0 radical (unpaired) electrons. The molecule has 0 spiro atoms. The highest BCUT2D eigenvalue weighted by Gasteiger charge is 2.38. The number of hydrogen-bond acceptors (Lipinski definition) is 9. The van der Waals surface area contributed by atoms with Gasteiger partial charge in [0.15, 0.2) is 12.0 Å². The van der Waals surface area contributed by atoms with Gasteiger partial charge in [-0.1, -0.05) is 6.07 Å². The Hall–Kier alpha value is -4.45. The molecule has 0 bridgehead atoms. The number of anilines is 3. The largest absolute Gasteiger partial charge is 0.487 e. The fourth-order valence-electron chi connectivity index (χ4n) is 5.17. The summed E-state index contributed by atoms with van der Waals surface area (Å²) in [6.07, 6.45) is 0.203. The van der Waals surface area contributed by atoms with E-state index in [1.807, 2.05) is 38.1 Å². The van der Waals surface area contributed by atoms with E-state index in [0.717, 1.165) is 22.5 Å². The monoisotopic (exact) mass is 559 g/mol. The van der Waals surface area contributed by atoms with Crippen LogP contribution in [0.5, 0.6) is 5.75 Å². The Bertz CT molecular complexity index is 1550. The lowest BCUT2D eigenvalue weighted by Gasteiger charge is -2.35. The van der Waals surface area contributed by atoms with E-state index in [0.29, 0.717) is 36.1 Å². The van der Waals surface area contributed by atoms with Crippen LogP contribution in [0, 0.1) is 0 Å². The van der Waals surface area contributed by atoms with Gasteiger partial charge in [-0.05, 0) is 56.7 Å². The predicted octanol–water partition coefficient (Wildman–Crippen LogP) is 3.34. The lowest BCUT2D eigenvalue weighted by Crippen LogP contribution is -2.51. The van der Waals surface area contributed by atoms with E-state index in [-0.39, 0.29) is 18.5 Å². The first-order chi connectivity index (χ1) is 19.6. The third kappa shape index (κ3) is 5.22. The summed E-state index contributed by atoms with van der Waals surface area (Å²) in [5, 5.41) is 15.6. The molecule has 4 heterocycles. The predicted molar refractivity (Wildman–Crippen MR) is 150 cm³/mol. The zero-order valence-corrected chi connectivity index (χ0v) is 22.8. The standard InChI is InChI=1S/C29H30FN7O4/c1-15(38)26(39)37-9-8-24(20(30)13-37)41-23-7-4-16(10-18(23)22-12-31-22)25-32-14-33-28(36-25)34-17-5-6-19-21(11-17)35-27(40)29(19,2)3/h4-7,10-12,14-15,20,22,24,38H,8-9,13H2,1-3H3,(H,35,40)(H,32,33,34,36)/t15-,20+,22?,24-/m0/s1. The number of alkyl halides is 1. The van der Waals surface area contributed by atoms with E-state index in [2.05, 4.69) is 30.6 Å². The highest BCUT2D eigenvalue weighted by Crippen LogP contribution is 2.39. The second-order valence-corrected chi connectivity index (χ2v) is 11.0. The summed E-state index contributed by atoms with van der Waals surface area (Å²) >= 11 is 0. The quantitative estimate of drug-likeness (QED) is 0.400. The van der Waals surface area contributed by atoms with Gasteiger partial charge in [0.2, 0.25) is 11.9 Å². The van der Waals surface area contributed by atoms with E-state index in [1.165, 1.54) is 18.2 Å². The maximum absolute atomic E-state index is 15.0. The first-order valence-corrected chi connectivity index (χ1v) is 13.5. The first kappa shape index (κ1) is 26.8. The molecule has 12 heteroatoms. The number of likely N-dealkylation sites (tertiary alicyclic amines) is 1. The maximum Gasteiger partial charge on any atom is 0.251 e. The van der Waals surface area contributed by atoms with Crippen molar-refractivity contribution in [3.05, 3.63) is 53.9 Å². The summed E-state index contributed by atoms with van der Waals surface area (Å²) < 4.78 is 21.1. The Kier molecular flexibility index (Phi) is 6.65. The van der Waals surface area contributed by atoms with Gasteiger partial charge in [-0.15, -0.1) is 0 Å². The van der Waals surface area contributed by atoms with Crippen molar-refractivity contribution in [3.8, 4) is 17.1 Å². The molecule has 3 N–H and O–H groups in total. The molecule has 2 amide bonds. The molecule has 1 aromatic heterocycles. The molecule has 2 aromatic carbocycles.